The van der Waals surface area contributed by atoms with Gasteiger partial charge in [-0.2, -0.15) is 0 Å². The van der Waals surface area contributed by atoms with Crippen molar-refractivity contribution < 1.29 is 19.8 Å². The molecule has 1 fully saturated rings. The minimum Gasteiger partial charge on any atom is -0.481 e. The number of carboxylic acids is 1. The Balaban J connectivity index is 1.96. The molecule has 2 rings (SSSR count). The molecule has 2 atom stereocenters. The number of aliphatic hydroxyl groups excluding tert-OH is 1. The van der Waals surface area contributed by atoms with Gasteiger partial charge in [-0.05, 0) is 37.3 Å². The fraction of sp³-hybridized carbons (Fsp3) is 0.500. The Bertz CT molecular complexity index is 775. The number of amides is 1. The summed E-state index contributed by atoms with van der Waals surface area (Å²) in [5.41, 5.74) is 2.27. The SMILES string of the molecule is Cc1ccccc1CC(O)/C=C/[C@H]1CCCCC(=O)N1CC#CCCCC(=O)O. The molecular weight excluding hydrogens is 366 g/mol. The third-order valence-corrected chi connectivity index (χ3v) is 5.17. The topological polar surface area (TPSA) is 77.8 Å². The van der Waals surface area contributed by atoms with Crippen molar-refractivity contribution in [3.05, 3.63) is 47.5 Å². The van der Waals surface area contributed by atoms with Crippen LogP contribution in [0.2, 0.25) is 0 Å². The van der Waals surface area contributed by atoms with Crippen LogP contribution in [0.4, 0.5) is 0 Å². The van der Waals surface area contributed by atoms with Crippen LogP contribution in [0.5, 0.6) is 0 Å². The number of aliphatic carboxylic acids is 1. The molecule has 1 aliphatic heterocycles. The van der Waals surface area contributed by atoms with Crippen LogP contribution in [0.25, 0.3) is 0 Å². The van der Waals surface area contributed by atoms with Crippen molar-refractivity contribution in [1.29, 1.82) is 0 Å². The third-order valence-electron chi connectivity index (χ3n) is 5.17. The molecule has 0 bridgehead atoms. The summed E-state index contributed by atoms with van der Waals surface area (Å²) in [7, 11) is 0. The first-order valence-electron chi connectivity index (χ1n) is 10.3. The first-order valence-corrected chi connectivity index (χ1v) is 10.3. The van der Waals surface area contributed by atoms with Gasteiger partial charge in [0, 0.05) is 25.7 Å². The lowest BCUT2D eigenvalue weighted by Gasteiger charge is -2.26. The predicted octanol–water partition coefficient (Wildman–Crippen LogP) is 3.48. The molecule has 156 valence electrons. The van der Waals surface area contributed by atoms with Crippen LogP contribution < -0.4 is 0 Å². The highest BCUT2D eigenvalue weighted by Crippen LogP contribution is 2.19. The van der Waals surface area contributed by atoms with E-state index in [9.17, 15) is 14.7 Å². The molecule has 1 aliphatic rings. The summed E-state index contributed by atoms with van der Waals surface area (Å²) in [5.74, 6) is 5.26. The number of likely N-dealkylation sites (tertiary alicyclic amines) is 1. The third kappa shape index (κ3) is 8.13. The normalized spacial score (nSPS) is 18.2. The molecule has 1 aromatic rings. The number of hydrogen-bond acceptors (Lipinski definition) is 3. The number of carbonyl (C=O) groups is 2. The van der Waals surface area contributed by atoms with E-state index >= 15 is 0 Å². The Morgan fingerprint density at radius 2 is 2.10 bits per heavy atom. The maximum atomic E-state index is 12.5. The summed E-state index contributed by atoms with van der Waals surface area (Å²) in [5, 5.41) is 19.1. The summed E-state index contributed by atoms with van der Waals surface area (Å²) in [6.45, 7) is 2.38. The minimum absolute atomic E-state index is 0.0650. The van der Waals surface area contributed by atoms with Crippen molar-refractivity contribution in [3.8, 4) is 11.8 Å². The van der Waals surface area contributed by atoms with Crippen LogP contribution >= 0.6 is 0 Å². The van der Waals surface area contributed by atoms with E-state index < -0.39 is 12.1 Å². The molecule has 2 N–H and O–H groups in total. The Hall–Kier alpha value is -2.58. The summed E-state index contributed by atoms with van der Waals surface area (Å²) in [6.07, 6.45) is 8.06. The zero-order chi connectivity index (χ0) is 21.1. The van der Waals surface area contributed by atoms with Crippen LogP contribution in [0, 0.1) is 18.8 Å². The van der Waals surface area contributed by atoms with Gasteiger partial charge < -0.3 is 15.1 Å². The van der Waals surface area contributed by atoms with Crippen molar-refractivity contribution in [2.45, 2.75) is 70.4 Å². The molecule has 0 aliphatic carbocycles. The van der Waals surface area contributed by atoms with Gasteiger partial charge in [-0.25, -0.2) is 0 Å². The first-order chi connectivity index (χ1) is 14.0. The molecular formula is C24H31NO4. The molecule has 1 unspecified atom stereocenters. The highest BCUT2D eigenvalue weighted by atomic mass is 16.4. The molecule has 0 spiro atoms. The number of nitrogens with zero attached hydrogens (tertiary/aromatic N) is 1. The number of carbonyl (C=O) groups excluding carboxylic acids is 1. The number of aliphatic hydroxyl groups is 1. The van der Waals surface area contributed by atoms with E-state index in [-0.39, 0.29) is 18.4 Å². The van der Waals surface area contributed by atoms with E-state index in [0.29, 0.717) is 32.2 Å². The lowest BCUT2D eigenvalue weighted by atomic mass is 10.0. The molecule has 1 aromatic carbocycles. The molecule has 1 amide bonds. The average molecular weight is 398 g/mol. The Morgan fingerprint density at radius 1 is 1.31 bits per heavy atom. The fourth-order valence-electron chi connectivity index (χ4n) is 3.47. The van der Waals surface area contributed by atoms with E-state index in [1.807, 2.05) is 37.3 Å². The van der Waals surface area contributed by atoms with Gasteiger partial charge in [-0.15, -0.1) is 5.92 Å². The van der Waals surface area contributed by atoms with Crippen molar-refractivity contribution in [2.24, 2.45) is 0 Å². The second kappa shape index (κ2) is 12.1. The Morgan fingerprint density at radius 3 is 2.86 bits per heavy atom. The summed E-state index contributed by atoms with van der Waals surface area (Å²) in [6, 6.07) is 7.95. The van der Waals surface area contributed by atoms with Crippen molar-refractivity contribution in [1.82, 2.24) is 4.90 Å². The van der Waals surface area contributed by atoms with Gasteiger partial charge in [0.15, 0.2) is 0 Å². The van der Waals surface area contributed by atoms with E-state index in [1.165, 1.54) is 0 Å². The highest BCUT2D eigenvalue weighted by Gasteiger charge is 2.23. The van der Waals surface area contributed by atoms with Crippen molar-refractivity contribution >= 4 is 11.9 Å². The first kappa shape index (κ1) is 22.7. The summed E-state index contributed by atoms with van der Waals surface area (Å²) < 4.78 is 0. The largest absolute Gasteiger partial charge is 0.481 e. The molecule has 0 saturated carbocycles. The zero-order valence-corrected chi connectivity index (χ0v) is 17.1. The van der Waals surface area contributed by atoms with E-state index in [4.69, 9.17) is 5.11 Å². The number of carboxylic acid groups (broad SMARTS) is 1. The second-order valence-corrected chi connectivity index (χ2v) is 7.52. The Kier molecular flexibility index (Phi) is 9.46. The van der Waals surface area contributed by atoms with Crippen LogP contribution in [0.15, 0.2) is 36.4 Å². The van der Waals surface area contributed by atoms with E-state index in [1.54, 1.807) is 11.0 Å². The number of benzene rings is 1. The van der Waals surface area contributed by atoms with Gasteiger partial charge in [0.05, 0.1) is 18.7 Å². The Labute approximate surface area is 173 Å². The highest BCUT2D eigenvalue weighted by molar-refractivity contribution is 5.77. The lowest BCUT2D eigenvalue weighted by molar-refractivity contribution is -0.137. The summed E-state index contributed by atoms with van der Waals surface area (Å²) in [4.78, 5) is 24.8. The number of rotatable bonds is 8. The second-order valence-electron chi connectivity index (χ2n) is 7.52. The molecule has 1 heterocycles. The maximum absolute atomic E-state index is 12.5. The van der Waals surface area contributed by atoms with Gasteiger partial charge in [0.25, 0.3) is 0 Å². The van der Waals surface area contributed by atoms with Gasteiger partial charge in [-0.3, -0.25) is 9.59 Å². The van der Waals surface area contributed by atoms with E-state index in [2.05, 4.69) is 11.8 Å². The predicted molar refractivity (Wildman–Crippen MR) is 113 cm³/mol. The van der Waals surface area contributed by atoms with Crippen LogP contribution in [0.1, 0.15) is 56.1 Å². The molecule has 5 nitrogen and oxygen atoms in total. The smallest absolute Gasteiger partial charge is 0.303 e. The van der Waals surface area contributed by atoms with E-state index in [0.717, 1.165) is 30.4 Å². The monoisotopic (exact) mass is 397 g/mol. The quantitative estimate of drug-likeness (QED) is 0.400. The van der Waals surface area contributed by atoms with Gasteiger partial charge in [0.2, 0.25) is 5.91 Å². The minimum atomic E-state index is -0.816. The van der Waals surface area contributed by atoms with Crippen LogP contribution in [-0.4, -0.2) is 45.7 Å². The number of hydrogen-bond donors (Lipinski definition) is 2. The van der Waals surface area contributed by atoms with Crippen LogP contribution in [0.3, 0.4) is 0 Å². The fourth-order valence-corrected chi connectivity index (χ4v) is 3.47. The van der Waals surface area contributed by atoms with Gasteiger partial charge in [0.1, 0.15) is 0 Å². The molecule has 0 radical (unpaired) electrons. The number of unbranched alkanes of at least 4 members (excludes halogenated alkanes) is 1. The van der Waals surface area contributed by atoms with Crippen molar-refractivity contribution in [2.75, 3.05) is 6.54 Å². The maximum Gasteiger partial charge on any atom is 0.303 e. The number of aryl methyl sites for hydroxylation is 1. The van der Waals surface area contributed by atoms with Crippen molar-refractivity contribution in [3.63, 3.8) is 0 Å². The lowest BCUT2D eigenvalue weighted by Crippen LogP contribution is -2.38. The standard InChI is InChI=1S/C24H31NO4/c1-19-10-5-6-11-20(19)18-22(26)16-15-21-12-7-8-13-23(27)25(21)17-9-3-2-4-14-24(28)29/h5-6,10-11,15-16,21-22,26H,2,4,7-8,12-14,17-18H2,1H3,(H,28,29)/b16-15+/t21-,22?/m1/s1. The van der Waals surface area contributed by atoms with Gasteiger partial charge in [-0.1, -0.05) is 48.8 Å². The summed E-state index contributed by atoms with van der Waals surface area (Å²) >= 11 is 0. The van der Waals surface area contributed by atoms with Gasteiger partial charge >= 0.3 is 5.97 Å². The van der Waals surface area contributed by atoms with Crippen LogP contribution in [-0.2, 0) is 16.0 Å². The average Bonchev–Trinajstić information content (AvgIpc) is 2.86. The molecule has 5 heteroatoms. The molecule has 29 heavy (non-hydrogen) atoms. The molecule has 0 aromatic heterocycles. The molecule has 1 saturated heterocycles. The zero-order valence-electron chi connectivity index (χ0n) is 17.1.